The van der Waals surface area contributed by atoms with E-state index in [0.29, 0.717) is 25.4 Å². The molecule has 1 aliphatic heterocycles. The lowest BCUT2D eigenvalue weighted by atomic mass is 10.2. The summed E-state index contributed by atoms with van der Waals surface area (Å²) in [4.78, 5) is 24.9. The van der Waals surface area contributed by atoms with Crippen molar-refractivity contribution >= 4 is 17.7 Å². The summed E-state index contributed by atoms with van der Waals surface area (Å²) in [7, 11) is 1.32. The Hall–Kier alpha value is -2.09. The molecule has 1 unspecified atom stereocenters. The monoisotopic (exact) mass is 268 g/mol. The molecule has 0 aliphatic carbocycles. The van der Waals surface area contributed by atoms with Crippen LogP contribution in [0.5, 0.6) is 0 Å². The zero-order valence-corrected chi connectivity index (χ0v) is 10.6. The SMILES string of the molecule is COC(=O)CC1CN(C(=O)c2cc(N)n[nH]2)CCO1. The van der Waals surface area contributed by atoms with Crippen LogP contribution in [0, 0.1) is 0 Å². The number of rotatable bonds is 3. The van der Waals surface area contributed by atoms with Gasteiger partial charge in [-0.1, -0.05) is 0 Å². The van der Waals surface area contributed by atoms with E-state index in [-0.39, 0.29) is 30.2 Å². The third-order valence-corrected chi connectivity index (χ3v) is 2.88. The number of H-pyrrole nitrogens is 1. The molecule has 2 rings (SSSR count). The molecule has 8 heteroatoms. The molecule has 8 nitrogen and oxygen atoms in total. The number of anilines is 1. The second-order valence-corrected chi connectivity index (χ2v) is 4.23. The summed E-state index contributed by atoms with van der Waals surface area (Å²) in [6.45, 7) is 1.19. The second kappa shape index (κ2) is 5.70. The van der Waals surface area contributed by atoms with Crippen molar-refractivity contribution in [3.63, 3.8) is 0 Å². The van der Waals surface area contributed by atoms with Crippen LogP contribution in [0.25, 0.3) is 0 Å². The molecule has 0 saturated carbocycles. The van der Waals surface area contributed by atoms with E-state index in [2.05, 4.69) is 14.9 Å². The smallest absolute Gasteiger partial charge is 0.308 e. The van der Waals surface area contributed by atoms with Crippen LogP contribution in [0.4, 0.5) is 5.82 Å². The molecule has 0 bridgehead atoms. The van der Waals surface area contributed by atoms with Gasteiger partial charge in [0, 0.05) is 19.2 Å². The van der Waals surface area contributed by atoms with Gasteiger partial charge in [0.15, 0.2) is 0 Å². The third-order valence-electron chi connectivity index (χ3n) is 2.88. The molecule has 0 radical (unpaired) electrons. The number of ether oxygens (including phenoxy) is 2. The first-order valence-corrected chi connectivity index (χ1v) is 5.88. The fourth-order valence-electron chi connectivity index (χ4n) is 1.91. The highest BCUT2D eigenvalue weighted by molar-refractivity contribution is 5.93. The number of aromatic amines is 1. The molecule has 1 fully saturated rings. The van der Waals surface area contributed by atoms with Gasteiger partial charge >= 0.3 is 5.97 Å². The lowest BCUT2D eigenvalue weighted by molar-refractivity contribution is -0.145. The molecular formula is C11H16N4O4. The van der Waals surface area contributed by atoms with Crippen molar-refractivity contribution < 1.29 is 19.1 Å². The van der Waals surface area contributed by atoms with Crippen molar-refractivity contribution in [1.29, 1.82) is 0 Å². The lowest BCUT2D eigenvalue weighted by Crippen LogP contribution is -2.46. The highest BCUT2D eigenvalue weighted by Gasteiger charge is 2.27. The second-order valence-electron chi connectivity index (χ2n) is 4.23. The summed E-state index contributed by atoms with van der Waals surface area (Å²) in [5.41, 5.74) is 5.79. The van der Waals surface area contributed by atoms with Crippen LogP contribution < -0.4 is 5.73 Å². The Labute approximate surface area is 109 Å². The van der Waals surface area contributed by atoms with Crippen LogP contribution in [0.2, 0.25) is 0 Å². The van der Waals surface area contributed by atoms with Gasteiger partial charge in [-0.3, -0.25) is 14.7 Å². The van der Waals surface area contributed by atoms with E-state index < -0.39 is 0 Å². The number of amides is 1. The number of morpholine rings is 1. The Balaban J connectivity index is 1.97. The number of aromatic nitrogens is 2. The van der Waals surface area contributed by atoms with Crippen LogP contribution in [-0.4, -0.2) is 59.9 Å². The normalized spacial score (nSPS) is 19.2. The van der Waals surface area contributed by atoms with E-state index in [4.69, 9.17) is 10.5 Å². The maximum absolute atomic E-state index is 12.1. The molecule has 3 N–H and O–H groups in total. The predicted molar refractivity (Wildman–Crippen MR) is 65.3 cm³/mol. The van der Waals surface area contributed by atoms with Crippen molar-refractivity contribution in [1.82, 2.24) is 15.1 Å². The third kappa shape index (κ3) is 3.22. The Morgan fingerprint density at radius 3 is 3.11 bits per heavy atom. The molecule has 104 valence electrons. The van der Waals surface area contributed by atoms with Crippen molar-refractivity contribution in [3.8, 4) is 0 Å². The number of methoxy groups -OCH3 is 1. The Morgan fingerprint density at radius 2 is 2.47 bits per heavy atom. The maximum Gasteiger partial charge on any atom is 0.308 e. The van der Waals surface area contributed by atoms with Gasteiger partial charge in [-0.25, -0.2) is 0 Å². The zero-order chi connectivity index (χ0) is 13.8. The summed E-state index contributed by atoms with van der Waals surface area (Å²) < 4.78 is 10.0. The van der Waals surface area contributed by atoms with E-state index in [0.717, 1.165) is 0 Å². The number of esters is 1. The molecule has 2 heterocycles. The number of carbonyl (C=O) groups excluding carboxylic acids is 2. The van der Waals surface area contributed by atoms with Gasteiger partial charge < -0.3 is 20.1 Å². The molecule has 1 aliphatic rings. The molecule has 1 amide bonds. The fraction of sp³-hybridized carbons (Fsp3) is 0.545. The minimum atomic E-state index is -0.356. The van der Waals surface area contributed by atoms with Gasteiger partial charge in [-0.05, 0) is 0 Å². The molecule has 19 heavy (non-hydrogen) atoms. The summed E-state index contributed by atoms with van der Waals surface area (Å²) in [5, 5.41) is 6.28. The topological polar surface area (TPSA) is 111 Å². The van der Waals surface area contributed by atoms with E-state index >= 15 is 0 Å². The highest BCUT2D eigenvalue weighted by atomic mass is 16.5. The predicted octanol–water partition coefficient (Wildman–Crippen LogP) is -0.604. The van der Waals surface area contributed by atoms with Crippen LogP contribution in [0.1, 0.15) is 16.9 Å². The Bertz CT molecular complexity index is 473. The van der Waals surface area contributed by atoms with E-state index in [9.17, 15) is 9.59 Å². The van der Waals surface area contributed by atoms with E-state index in [1.165, 1.54) is 13.2 Å². The summed E-state index contributed by atoms with van der Waals surface area (Å²) in [6, 6.07) is 1.48. The molecular weight excluding hydrogens is 252 g/mol. The maximum atomic E-state index is 12.1. The van der Waals surface area contributed by atoms with Crippen LogP contribution >= 0.6 is 0 Å². The van der Waals surface area contributed by atoms with Gasteiger partial charge in [0.1, 0.15) is 11.5 Å². The number of carbonyl (C=O) groups is 2. The van der Waals surface area contributed by atoms with Gasteiger partial charge in [0.05, 0.1) is 26.2 Å². The molecule has 1 aromatic rings. The van der Waals surface area contributed by atoms with E-state index in [1.54, 1.807) is 4.90 Å². The Kier molecular flexibility index (Phi) is 4.00. The minimum Gasteiger partial charge on any atom is -0.469 e. The van der Waals surface area contributed by atoms with Crippen LogP contribution in [-0.2, 0) is 14.3 Å². The molecule has 1 atom stereocenters. The van der Waals surface area contributed by atoms with Crippen molar-refractivity contribution in [2.24, 2.45) is 0 Å². The van der Waals surface area contributed by atoms with Crippen molar-refractivity contribution in [2.75, 3.05) is 32.5 Å². The lowest BCUT2D eigenvalue weighted by Gasteiger charge is -2.32. The van der Waals surface area contributed by atoms with Gasteiger partial charge in [0.2, 0.25) is 0 Å². The Morgan fingerprint density at radius 1 is 1.68 bits per heavy atom. The standard InChI is InChI=1S/C11H16N4O4/c1-18-10(16)4-7-6-15(2-3-19-7)11(17)8-5-9(12)14-13-8/h5,7H,2-4,6H2,1H3,(H3,12,13,14). The van der Waals surface area contributed by atoms with Gasteiger partial charge in [0.25, 0.3) is 5.91 Å². The number of hydrogen-bond donors (Lipinski definition) is 2. The summed E-state index contributed by atoms with van der Waals surface area (Å²) in [6.07, 6.45) is -0.212. The number of nitrogens with two attached hydrogens (primary N) is 1. The number of nitrogens with one attached hydrogen (secondary N) is 1. The zero-order valence-electron chi connectivity index (χ0n) is 10.6. The number of nitrogen functional groups attached to an aromatic ring is 1. The van der Waals surface area contributed by atoms with E-state index in [1.807, 2.05) is 0 Å². The molecule has 1 aromatic heterocycles. The van der Waals surface area contributed by atoms with Gasteiger partial charge in [-0.2, -0.15) is 5.10 Å². The fourth-order valence-corrected chi connectivity index (χ4v) is 1.91. The van der Waals surface area contributed by atoms with Crippen LogP contribution in [0.15, 0.2) is 6.07 Å². The summed E-state index contributed by atoms with van der Waals surface area (Å²) in [5.74, 6) is -0.296. The quantitative estimate of drug-likeness (QED) is 0.708. The largest absolute Gasteiger partial charge is 0.469 e. The van der Waals surface area contributed by atoms with Crippen molar-refractivity contribution in [2.45, 2.75) is 12.5 Å². The first-order chi connectivity index (χ1) is 9.10. The number of nitrogens with zero attached hydrogens (tertiary/aromatic N) is 2. The molecule has 0 aromatic carbocycles. The average Bonchev–Trinajstić information content (AvgIpc) is 2.84. The van der Waals surface area contributed by atoms with Gasteiger partial charge in [-0.15, -0.1) is 0 Å². The molecule has 0 spiro atoms. The highest BCUT2D eigenvalue weighted by Crippen LogP contribution is 2.13. The minimum absolute atomic E-state index is 0.130. The number of hydrogen-bond acceptors (Lipinski definition) is 6. The summed E-state index contributed by atoms with van der Waals surface area (Å²) >= 11 is 0. The first-order valence-electron chi connectivity index (χ1n) is 5.88. The molecule has 1 saturated heterocycles. The average molecular weight is 268 g/mol. The van der Waals surface area contributed by atoms with Crippen LogP contribution in [0.3, 0.4) is 0 Å². The first kappa shape index (κ1) is 13.3. The van der Waals surface area contributed by atoms with Crippen molar-refractivity contribution in [3.05, 3.63) is 11.8 Å².